The van der Waals surface area contributed by atoms with Crippen LogP contribution in [0.1, 0.15) is 71.3 Å². The Bertz CT molecular complexity index is 779. The number of Topliss-reactive ketones (excluding diaryl/α,β-unsaturated/α-hetero) is 1. The molecule has 1 fully saturated rings. The van der Waals surface area contributed by atoms with E-state index in [9.17, 15) is 14.7 Å². The van der Waals surface area contributed by atoms with Crippen molar-refractivity contribution >= 4 is 11.7 Å². The van der Waals surface area contributed by atoms with Crippen molar-refractivity contribution in [3.8, 4) is 0 Å². The molecule has 0 unspecified atom stereocenters. The molecular weight excluding hydrogens is 386 g/mol. The number of carbonyl (C=O) groups excluding carboxylic acids is 2. The average molecular weight is 426 g/mol. The minimum Gasteiger partial charge on any atom is -0.389 e. The summed E-state index contributed by atoms with van der Waals surface area (Å²) in [4.78, 5) is 24.3. The van der Waals surface area contributed by atoms with Gasteiger partial charge in [0.2, 0.25) is 5.91 Å². The normalized spacial score (nSPS) is 19.7. The Morgan fingerprint density at radius 2 is 2.03 bits per heavy atom. The van der Waals surface area contributed by atoms with Crippen LogP contribution in [0.4, 0.5) is 0 Å². The summed E-state index contributed by atoms with van der Waals surface area (Å²) < 4.78 is 0. The van der Waals surface area contributed by atoms with Crippen molar-refractivity contribution in [1.29, 1.82) is 0 Å². The first-order valence-corrected chi connectivity index (χ1v) is 11.5. The molecule has 0 aromatic heterocycles. The van der Waals surface area contributed by atoms with Crippen LogP contribution in [0.3, 0.4) is 0 Å². The van der Waals surface area contributed by atoms with Crippen LogP contribution in [0.25, 0.3) is 0 Å². The molecule has 2 N–H and O–H groups in total. The summed E-state index contributed by atoms with van der Waals surface area (Å²) in [7, 11) is 0. The van der Waals surface area contributed by atoms with E-state index in [1.165, 1.54) is 5.56 Å². The van der Waals surface area contributed by atoms with Crippen molar-refractivity contribution in [2.24, 2.45) is 11.3 Å². The molecule has 1 amide bonds. The van der Waals surface area contributed by atoms with Gasteiger partial charge in [-0.3, -0.25) is 9.59 Å². The molecule has 170 valence electrons. The number of nitrogens with one attached hydrogen (secondary N) is 1. The maximum atomic E-state index is 12.2. The summed E-state index contributed by atoms with van der Waals surface area (Å²) in [6.45, 7) is 10.7. The van der Waals surface area contributed by atoms with Gasteiger partial charge < -0.3 is 10.4 Å². The quantitative estimate of drug-likeness (QED) is 0.481. The van der Waals surface area contributed by atoms with Crippen molar-refractivity contribution in [2.75, 3.05) is 6.54 Å². The lowest BCUT2D eigenvalue weighted by molar-refractivity contribution is -0.132. The number of aliphatic hydroxyl groups excluding tert-OH is 1. The van der Waals surface area contributed by atoms with Crippen molar-refractivity contribution in [1.82, 2.24) is 5.32 Å². The summed E-state index contributed by atoms with van der Waals surface area (Å²) in [6, 6.07) is 10.1. The largest absolute Gasteiger partial charge is 0.389 e. The van der Waals surface area contributed by atoms with Crippen LogP contribution in [0.5, 0.6) is 0 Å². The molecule has 1 aliphatic rings. The van der Waals surface area contributed by atoms with Gasteiger partial charge in [0.15, 0.2) is 0 Å². The van der Waals surface area contributed by atoms with E-state index >= 15 is 0 Å². The van der Waals surface area contributed by atoms with Crippen molar-refractivity contribution in [2.45, 2.75) is 78.2 Å². The average Bonchev–Trinajstić information content (AvgIpc) is 2.69. The fraction of sp³-hybridized carbons (Fsp3) is 0.556. The number of benzene rings is 1. The van der Waals surface area contributed by atoms with Crippen LogP contribution in [0.15, 0.2) is 54.1 Å². The minimum absolute atomic E-state index is 0.0279. The molecule has 0 heterocycles. The van der Waals surface area contributed by atoms with E-state index in [2.05, 4.69) is 25.7 Å². The second-order valence-electron chi connectivity index (χ2n) is 9.57. The predicted molar refractivity (Wildman–Crippen MR) is 127 cm³/mol. The van der Waals surface area contributed by atoms with Gasteiger partial charge in [0.05, 0.1) is 6.10 Å². The molecule has 4 nitrogen and oxygen atoms in total. The van der Waals surface area contributed by atoms with Gasteiger partial charge >= 0.3 is 0 Å². The third-order valence-electron chi connectivity index (χ3n) is 6.53. The number of carbonyl (C=O) groups is 2. The number of amides is 1. The van der Waals surface area contributed by atoms with Gasteiger partial charge in [-0.25, -0.2) is 0 Å². The first-order valence-electron chi connectivity index (χ1n) is 11.5. The highest BCUT2D eigenvalue weighted by Crippen LogP contribution is 2.41. The molecule has 0 aliphatic heterocycles. The number of hydrogen-bond acceptors (Lipinski definition) is 3. The zero-order valence-corrected chi connectivity index (χ0v) is 19.5. The molecule has 4 heteroatoms. The molecule has 31 heavy (non-hydrogen) atoms. The van der Waals surface area contributed by atoms with Crippen LogP contribution in [0, 0.1) is 11.3 Å². The van der Waals surface area contributed by atoms with Crippen molar-refractivity contribution in [3.05, 3.63) is 59.7 Å². The molecule has 1 aromatic rings. The Labute approximate surface area is 187 Å². The van der Waals surface area contributed by atoms with Gasteiger partial charge in [0.25, 0.3) is 0 Å². The molecule has 0 saturated heterocycles. The van der Waals surface area contributed by atoms with Crippen LogP contribution < -0.4 is 5.32 Å². The molecule has 2 atom stereocenters. The van der Waals surface area contributed by atoms with Crippen LogP contribution in [-0.2, 0) is 16.0 Å². The van der Waals surface area contributed by atoms with E-state index in [1.54, 1.807) is 6.08 Å². The van der Waals surface area contributed by atoms with Gasteiger partial charge in [-0.2, -0.15) is 0 Å². The van der Waals surface area contributed by atoms with E-state index in [0.717, 1.165) is 43.3 Å². The van der Waals surface area contributed by atoms with Crippen LogP contribution in [-0.4, -0.2) is 29.4 Å². The standard InChI is InChI=1S/C27H39NO3/c1-20(13-14-23-11-8-12-25(30)27(23,3)4)17-24(29)18-21(2)19-26(31)28-16-15-22-9-6-5-7-10-22/h5-7,9-10,18,23-24,29H,1,8,11-17,19H2,2-4H3,(H,28,31)/b21-18+/t23-,24-/m0/s1. The maximum Gasteiger partial charge on any atom is 0.224 e. The lowest BCUT2D eigenvalue weighted by Crippen LogP contribution is -2.36. The highest BCUT2D eigenvalue weighted by Gasteiger charge is 2.38. The number of aliphatic hydroxyl groups is 1. The molecule has 0 bridgehead atoms. The van der Waals surface area contributed by atoms with Crippen molar-refractivity contribution < 1.29 is 14.7 Å². The maximum absolute atomic E-state index is 12.2. The Hall–Kier alpha value is -2.20. The van der Waals surface area contributed by atoms with Gasteiger partial charge in [-0.05, 0) is 56.9 Å². The highest BCUT2D eigenvalue weighted by molar-refractivity contribution is 5.85. The summed E-state index contributed by atoms with van der Waals surface area (Å²) in [5.74, 6) is 0.731. The zero-order chi connectivity index (χ0) is 22.9. The minimum atomic E-state index is -0.634. The van der Waals surface area contributed by atoms with E-state index in [1.807, 2.05) is 37.3 Å². The van der Waals surface area contributed by atoms with E-state index < -0.39 is 6.10 Å². The SMILES string of the molecule is C=C(CC[C@@H]1CCCC(=O)C1(C)C)C[C@H](O)/C=C(\C)CC(=O)NCCc1ccccc1. The molecule has 1 aromatic carbocycles. The summed E-state index contributed by atoms with van der Waals surface area (Å²) in [5, 5.41) is 13.3. The Balaban J connectivity index is 1.69. The van der Waals surface area contributed by atoms with Crippen LogP contribution in [0.2, 0.25) is 0 Å². The second-order valence-corrected chi connectivity index (χ2v) is 9.57. The fourth-order valence-electron chi connectivity index (χ4n) is 4.45. The first kappa shape index (κ1) is 25.1. The predicted octanol–water partition coefficient (Wildman–Crippen LogP) is 5.16. The summed E-state index contributed by atoms with van der Waals surface area (Å²) in [6.07, 6.45) is 7.26. The Kier molecular flexibility index (Phi) is 9.70. The number of ketones is 1. The van der Waals surface area contributed by atoms with Gasteiger partial charge in [0, 0.05) is 24.8 Å². The molecule has 1 aliphatic carbocycles. The van der Waals surface area contributed by atoms with E-state index in [-0.39, 0.29) is 17.7 Å². The Morgan fingerprint density at radius 3 is 2.74 bits per heavy atom. The topological polar surface area (TPSA) is 66.4 Å². The summed E-state index contributed by atoms with van der Waals surface area (Å²) >= 11 is 0. The van der Waals surface area contributed by atoms with Crippen molar-refractivity contribution in [3.63, 3.8) is 0 Å². The zero-order valence-electron chi connectivity index (χ0n) is 19.5. The van der Waals surface area contributed by atoms with Crippen LogP contribution >= 0.6 is 0 Å². The van der Waals surface area contributed by atoms with Gasteiger partial charge in [-0.1, -0.05) is 68.0 Å². The van der Waals surface area contributed by atoms with E-state index in [4.69, 9.17) is 0 Å². The monoisotopic (exact) mass is 425 g/mol. The smallest absolute Gasteiger partial charge is 0.224 e. The lowest BCUT2D eigenvalue weighted by atomic mass is 9.66. The molecule has 1 saturated carbocycles. The second kappa shape index (κ2) is 12.0. The fourth-order valence-corrected chi connectivity index (χ4v) is 4.45. The number of hydrogen-bond donors (Lipinski definition) is 2. The summed E-state index contributed by atoms with van der Waals surface area (Å²) in [5.41, 5.74) is 2.81. The van der Waals surface area contributed by atoms with Gasteiger partial charge in [-0.15, -0.1) is 0 Å². The lowest BCUT2D eigenvalue weighted by Gasteiger charge is -2.37. The molecule has 0 radical (unpaired) electrons. The third kappa shape index (κ3) is 8.45. The first-order chi connectivity index (χ1) is 14.7. The highest BCUT2D eigenvalue weighted by atomic mass is 16.3. The van der Waals surface area contributed by atoms with Gasteiger partial charge in [0.1, 0.15) is 5.78 Å². The third-order valence-corrected chi connectivity index (χ3v) is 6.53. The number of rotatable bonds is 11. The molecular formula is C27H39NO3. The Morgan fingerprint density at radius 1 is 1.32 bits per heavy atom. The van der Waals surface area contributed by atoms with E-state index in [0.29, 0.717) is 31.1 Å². The molecule has 0 spiro atoms. The molecule has 2 rings (SSSR count).